The maximum absolute atomic E-state index is 9.60. The molecule has 2 rings (SSSR count). The summed E-state index contributed by atoms with van der Waals surface area (Å²) in [5, 5.41) is 9.60. The highest BCUT2D eigenvalue weighted by Crippen LogP contribution is 2.16. The molecule has 2 atom stereocenters. The number of benzene rings is 1. The lowest BCUT2D eigenvalue weighted by Crippen LogP contribution is -2.42. The zero-order valence-corrected chi connectivity index (χ0v) is 11.4. The van der Waals surface area contributed by atoms with Crippen molar-refractivity contribution in [3.63, 3.8) is 0 Å². The quantitative estimate of drug-likeness (QED) is 0.879. The molecular formula is C15H24N2O. The van der Waals surface area contributed by atoms with E-state index in [4.69, 9.17) is 0 Å². The lowest BCUT2D eigenvalue weighted by molar-refractivity contribution is 0.109. The molecule has 0 aromatic heterocycles. The average Bonchev–Trinajstić information content (AvgIpc) is 2.53. The Morgan fingerprint density at radius 2 is 2.00 bits per heavy atom. The fraction of sp³-hybridized carbons (Fsp3) is 0.600. The second kappa shape index (κ2) is 6.32. The first kappa shape index (κ1) is 13.5. The standard InChI is InChI=1S/C15H24N2O/c1-13-8-9-17(15(12-18)11-16(13)2)10-14-6-4-3-5-7-14/h3-7,13,15,18H,8-12H2,1-2H3. The second-order valence-electron chi connectivity index (χ2n) is 5.37. The molecule has 1 aliphatic heterocycles. The molecule has 1 aromatic rings. The summed E-state index contributed by atoms with van der Waals surface area (Å²) in [7, 11) is 2.15. The topological polar surface area (TPSA) is 26.7 Å². The van der Waals surface area contributed by atoms with Crippen molar-refractivity contribution in [2.24, 2.45) is 0 Å². The van der Waals surface area contributed by atoms with E-state index in [1.165, 1.54) is 12.0 Å². The second-order valence-corrected chi connectivity index (χ2v) is 5.37. The van der Waals surface area contributed by atoms with Crippen LogP contribution in [0.4, 0.5) is 0 Å². The Labute approximate surface area is 110 Å². The molecule has 0 aliphatic carbocycles. The molecule has 0 saturated carbocycles. The summed E-state index contributed by atoms with van der Waals surface area (Å²) in [5.74, 6) is 0. The van der Waals surface area contributed by atoms with Gasteiger partial charge in [-0.05, 0) is 26.0 Å². The third-order valence-electron chi connectivity index (χ3n) is 4.04. The van der Waals surface area contributed by atoms with Crippen LogP contribution in [0.1, 0.15) is 18.9 Å². The van der Waals surface area contributed by atoms with Crippen molar-refractivity contribution in [1.82, 2.24) is 9.80 Å². The minimum atomic E-state index is 0.240. The summed E-state index contributed by atoms with van der Waals surface area (Å²) in [6.45, 7) is 5.45. The van der Waals surface area contributed by atoms with Crippen molar-refractivity contribution in [1.29, 1.82) is 0 Å². The minimum absolute atomic E-state index is 0.240. The molecule has 1 fully saturated rings. The Kier molecular flexibility index (Phi) is 4.75. The Morgan fingerprint density at radius 1 is 1.28 bits per heavy atom. The number of hydrogen-bond acceptors (Lipinski definition) is 3. The van der Waals surface area contributed by atoms with Crippen molar-refractivity contribution in [3.05, 3.63) is 35.9 Å². The van der Waals surface area contributed by atoms with Gasteiger partial charge in [-0.25, -0.2) is 0 Å². The van der Waals surface area contributed by atoms with Crippen molar-refractivity contribution >= 4 is 0 Å². The summed E-state index contributed by atoms with van der Waals surface area (Å²) >= 11 is 0. The summed E-state index contributed by atoms with van der Waals surface area (Å²) in [5.41, 5.74) is 1.33. The molecule has 1 N–H and O–H groups in total. The van der Waals surface area contributed by atoms with Crippen molar-refractivity contribution in [2.75, 3.05) is 26.7 Å². The van der Waals surface area contributed by atoms with E-state index in [1.807, 2.05) is 6.07 Å². The summed E-state index contributed by atoms with van der Waals surface area (Å²) in [4.78, 5) is 4.77. The van der Waals surface area contributed by atoms with E-state index in [0.29, 0.717) is 6.04 Å². The Morgan fingerprint density at radius 3 is 2.67 bits per heavy atom. The van der Waals surface area contributed by atoms with Gasteiger partial charge in [-0.1, -0.05) is 30.3 Å². The number of hydrogen-bond donors (Lipinski definition) is 1. The fourth-order valence-corrected chi connectivity index (χ4v) is 2.58. The maximum Gasteiger partial charge on any atom is 0.0599 e. The first-order valence-electron chi connectivity index (χ1n) is 6.79. The van der Waals surface area contributed by atoms with Gasteiger partial charge in [-0.3, -0.25) is 4.90 Å². The Bertz CT molecular complexity index is 355. The molecule has 100 valence electrons. The summed E-state index contributed by atoms with van der Waals surface area (Å²) < 4.78 is 0. The van der Waals surface area contributed by atoms with Gasteiger partial charge < -0.3 is 10.0 Å². The predicted octanol–water partition coefficient (Wildman–Crippen LogP) is 1.57. The van der Waals surface area contributed by atoms with Crippen molar-refractivity contribution < 1.29 is 5.11 Å². The van der Waals surface area contributed by atoms with Crippen LogP contribution in [0.3, 0.4) is 0 Å². The molecule has 18 heavy (non-hydrogen) atoms. The van der Waals surface area contributed by atoms with E-state index in [9.17, 15) is 5.11 Å². The van der Waals surface area contributed by atoms with Crippen LogP contribution < -0.4 is 0 Å². The molecule has 2 unspecified atom stereocenters. The van der Waals surface area contributed by atoms with Gasteiger partial charge in [0.1, 0.15) is 0 Å². The normalized spacial score (nSPS) is 27.1. The molecule has 3 heteroatoms. The SMILES string of the molecule is CC1CCN(Cc2ccccc2)C(CO)CN1C. The van der Waals surface area contributed by atoms with E-state index in [2.05, 4.69) is 48.0 Å². The number of likely N-dealkylation sites (N-methyl/N-ethyl adjacent to an activating group) is 1. The summed E-state index contributed by atoms with van der Waals surface area (Å²) in [6, 6.07) is 11.4. The minimum Gasteiger partial charge on any atom is -0.395 e. The van der Waals surface area contributed by atoms with Gasteiger partial charge in [0.25, 0.3) is 0 Å². The molecule has 0 bridgehead atoms. The summed E-state index contributed by atoms with van der Waals surface area (Å²) in [6.07, 6.45) is 1.17. The van der Waals surface area contributed by atoms with Gasteiger partial charge in [0, 0.05) is 31.7 Å². The first-order valence-corrected chi connectivity index (χ1v) is 6.79. The molecule has 0 radical (unpaired) electrons. The number of aliphatic hydroxyl groups excluding tert-OH is 1. The smallest absolute Gasteiger partial charge is 0.0599 e. The number of rotatable bonds is 3. The van der Waals surface area contributed by atoms with E-state index in [1.54, 1.807) is 0 Å². The monoisotopic (exact) mass is 248 g/mol. The van der Waals surface area contributed by atoms with Gasteiger partial charge in [0.15, 0.2) is 0 Å². The van der Waals surface area contributed by atoms with Crippen LogP contribution >= 0.6 is 0 Å². The van der Waals surface area contributed by atoms with Gasteiger partial charge in [-0.15, -0.1) is 0 Å². The molecule has 0 spiro atoms. The molecular weight excluding hydrogens is 224 g/mol. The van der Waals surface area contributed by atoms with Gasteiger partial charge in [0.05, 0.1) is 6.61 Å². The van der Waals surface area contributed by atoms with Crippen molar-refractivity contribution in [2.45, 2.75) is 32.0 Å². The first-order chi connectivity index (χ1) is 8.70. The molecule has 0 amide bonds. The van der Waals surface area contributed by atoms with Gasteiger partial charge in [0.2, 0.25) is 0 Å². The van der Waals surface area contributed by atoms with Crippen LogP contribution in [0.15, 0.2) is 30.3 Å². The maximum atomic E-state index is 9.60. The molecule has 1 saturated heterocycles. The number of nitrogens with zero attached hydrogens (tertiary/aromatic N) is 2. The van der Waals surface area contributed by atoms with Crippen molar-refractivity contribution in [3.8, 4) is 0 Å². The zero-order valence-electron chi connectivity index (χ0n) is 11.4. The van der Waals surface area contributed by atoms with Gasteiger partial charge in [-0.2, -0.15) is 0 Å². The highest BCUT2D eigenvalue weighted by Gasteiger charge is 2.25. The average molecular weight is 248 g/mol. The number of aliphatic hydroxyl groups is 1. The van der Waals surface area contributed by atoms with E-state index < -0.39 is 0 Å². The van der Waals surface area contributed by atoms with Crippen LogP contribution in [-0.4, -0.2) is 53.7 Å². The van der Waals surface area contributed by atoms with Crippen LogP contribution in [0.25, 0.3) is 0 Å². The zero-order chi connectivity index (χ0) is 13.0. The molecule has 1 aliphatic rings. The third kappa shape index (κ3) is 3.31. The predicted molar refractivity (Wildman–Crippen MR) is 74.4 cm³/mol. The lowest BCUT2D eigenvalue weighted by atomic mass is 10.1. The lowest BCUT2D eigenvalue weighted by Gasteiger charge is -2.29. The van der Waals surface area contributed by atoms with Crippen LogP contribution in [0.5, 0.6) is 0 Å². The molecule has 1 heterocycles. The van der Waals surface area contributed by atoms with Crippen LogP contribution in [0, 0.1) is 0 Å². The fourth-order valence-electron chi connectivity index (χ4n) is 2.58. The van der Waals surface area contributed by atoms with E-state index in [-0.39, 0.29) is 12.6 Å². The highest BCUT2D eigenvalue weighted by molar-refractivity contribution is 5.14. The Balaban J connectivity index is 2.05. The van der Waals surface area contributed by atoms with E-state index in [0.717, 1.165) is 19.6 Å². The van der Waals surface area contributed by atoms with Crippen LogP contribution in [-0.2, 0) is 6.54 Å². The highest BCUT2D eigenvalue weighted by atomic mass is 16.3. The largest absolute Gasteiger partial charge is 0.395 e. The van der Waals surface area contributed by atoms with Crippen LogP contribution in [0.2, 0.25) is 0 Å². The molecule has 3 nitrogen and oxygen atoms in total. The Hall–Kier alpha value is -0.900. The molecule has 1 aromatic carbocycles. The van der Waals surface area contributed by atoms with Gasteiger partial charge >= 0.3 is 0 Å². The van der Waals surface area contributed by atoms with E-state index >= 15 is 0 Å². The third-order valence-corrected chi connectivity index (χ3v) is 4.04.